The van der Waals surface area contributed by atoms with Crippen molar-refractivity contribution in [3.8, 4) is 5.69 Å². The van der Waals surface area contributed by atoms with Crippen LogP contribution in [0.25, 0.3) is 5.69 Å². The van der Waals surface area contributed by atoms with Gasteiger partial charge in [0.25, 0.3) is 0 Å². The molecular formula is C15H19N3. The highest BCUT2D eigenvalue weighted by atomic mass is 15.3. The first kappa shape index (κ1) is 11.5. The van der Waals surface area contributed by atoms with E-state index in [2.05, 4.69) is 41.2 Å². The number of aromatic nitrogens is 2. The van der Waals surface area contributed by atoms with E-state index in [9.17, 15) is 0 Å². The third kappa shape index (κ3) is 1.95. The molecule has 0 spiro atoms. The van der Waals surface area contributed by atoms with E-state index < -0.39 is 0 Å². The molecule has 1 aliphatic rings. The fourth-order valence-corrected chi connectivity index (χ4v) is 2.64. The van der Waals surface area contributed by atoms with Gasteiger partial charge in [-0.05, 0) is 18.6 Å². The Balaban J connectivity index is 2.09. The van der Waals surface area contributed by atoms with E-state index in [1.165, 1.54) is 22.6 Å². The Morgan fingerprint density at radius 2 is 2.11 bits per heavy atom. The van der Waals surface area contributed by atoms with E-state index in [1.54, 1.807) is 0 Å². The van der Waals surface area contributed by atoms with Gasteiger partial charge in [0.05, 0.1) is 17.1 Å². The zero-order valence-corrected chi connectivity index (χ0v) is 10.8. The largest absolute Gasteiger partial charge is 0.312 e. The van der Waals surface area contributed by atoms with Gasteiger partial charge in [0.2, 0.25) is 0 Å². The van der Waals surface area contributed by atoms with Gasteiger partial charge in [0.15, 0.2) is 0 Å². The van der Waals surface area contributed by atoms with Gasteiger partial charge in [0.1, 0.15) is 0 Å². The Kier molecular flexibility index (Phi) is 3.15. The molecule has 18 heavy (non-hydrogen) atoms. The molecule has 0 saturated carbocycles. The maximum atomic E-state index is 4.83. The van der Waals surface area contributed by atoms with Crippen molar-refractivity contribution >= 4 is 0 Å². The highest BCUT2D eigenvalue weighted by Crippen LogP contribution is 2.22. The Labute approximate surface area is 108 Å². The number of fused-ring (bicyclic) bond motifs is 1. The van der Waals surface area contributed by atoms with E-state index in [1.807, 2.05) is 6.07 Å². The Morgan fingerprint density at radius 3 is 2.89 bits per heavy atom. The van der Waals surface area contributed by atoms with Crippen molar-refractivity contribution in [1.82, 2.24) is 15.1 Å². The fraction of sp³-hybridized carbons (Fsp3) is 0.400. The first-order chi connectivity index (χ1) is 8.90. The summed E-state index contributed by atoms with van der Waals surface area (Å²) in [7, 11) is 0. The molecule has 1 aromatic carbocycles. The van der Waals surface area contributed by atoms with Crippen molar-refractivity contribution < 1.29 is 0 Å². The van der Waals surface area contributed by atoms with Crippen LogP contribution in [0.5, 0.6) is 0 Å². The number of nitrogens with zero attached hydrogens (tertiary/aromatic N) is 2. The highest BCUT2D eigenvalue weighted by Gasteiger charge is 2.20. The summed E-state index contributed by atoms with van der Waals surface area (Å²) in [4.78, 5) is 0. The van der Waals surface area contributed by atoms with E-state index in [0.717, 1.165) is 32.4 Å². The first-order valence-electron chi connectivity index (χ1n) is 6.76. The van der Waals surface area contributed by atoms with Crippen molar-refractivity contribution in [2.75, 3.05) is 6.54 Å². The molecule has 0 radical (unpaired) electrons. The average Bonchev–Trinajstić information content (AvgIpc) is 2.80. The second-order valence-electron chi connectivity index (χ2n) is 4.80. The van der Waals surface area contributed by atoms with Crippen molar-refractivity contribution in [3.63, 3.8) is 0 Å². The summed E-state index contributed by atoms with van der Waals surface area (Å²) in [6.07, 6.45) is 3.29. The van der Waals surface area contributed by atoms with Gasteiger partial charge in [-0.3, -0.25) is 0 Å². The van der Waals surface area contributed by atoms with Crippen LogP contribution in [0.4, 0.5) is 0 Å². The lowest BCUT2D eigenvalue weighted by Crippen LogP contribution is -2.25. The lowest BCUT2D eigenvalue weighted by molar-refractivity contribution is 0.621. The molecule has 1 aliphatic heterocycles. The third-order valence-electron chi connectivity index (χ3n) is 3.50. The normalized spacial score (nSPS) is 14.5. The minimum absolute atomic E-state index is 0.970. The van der Waals surface area contributed by atoms with Gasteiger partial charge in [-0.2, -0.15) is 5.10 Å². The number of aryl methyl sites for hydroxylation is 1. The molecule has 0 unspecified atom stereocenters. The molecule has 1 N–H and O–H groups in total. The maximum absolute atomic E-state index is 4.83. The van der Waals surface area contributed by atoms with Gasteiger partial charge in [0, 0.05) is 25.1 Å². The van der Waals surface area contributed by atoms with Gasteiger partial charge >= 0.3 is 0 Å². The van der Waals surface area contributed by atoms with Crippen LogP contribution >= 0.6 is 0 Å². The number of para-hydroxylation sites is 1. The second kappa shape index (κ2) is 4.94. The lowest BCUT2D eigenvalue weighted by atomic mass is 10.0. The molecule has 0 amide bonds. The van der Waals surface area contributed by atoms with Crippen LogP contribution in [0, 0.1) is 0 Å². The van der Waals surface area contributed by atoms with Crippen molar-refractivity contribution in [2.24, 2.45) is 0 Å². The molecule has 3 heteroatoms. The minimum Gasteiger partial charge on any atom is -0.312 e. The van der Waals surface area contributed by atoms with E-state index in [0.29, 0.717) is 0 Å². The molecule has 0 fully saturated rings. The average molecular weight is 241 g/mol. The smallest absolute Gasteiger partial charge is 0.0676 e. The number of rotatable bonds is 3. The third-order valence-corrected chi connectivity index (χ3v) is 3.50. The van der Waals surface area contributed by atoms with Crippen molar-refractivity contribution in [3.05, 3.63) is 47.3 Å². The van der Waals surface area contributed by atoms with Gasteiger partial charge in [-0.25, -0.2) is 4.68 Å². The van der Waals surface area contributed by atoms with Crippen LogP contribution < -0.4 is 5.32 Å². The van der Waals surface area contributed by atoms with Crippen molar-refractivity contribution in [2.45, 2.75) is 32.7 Å². The van der Waals surface area contributed by atoms with E-state index >= 15 is 0 Å². The van der Waals surface area contributed by atoms with Crippen LogP contribution in [0.2, 0.25) is 0 Å². The summed E-state index contributed by atoms with van der Waals surface area (Å²) in [5.41, 5.74) is 5.26. The standard InChI is InChI=1S/C15H19N3/c1-2-6-14-13-11-16-10-9-15(13)18(17-14)12-7-4-3-5-8-12/h3-5,7-8,16H,2,6,9-11H2,1H3. The molecule has 0 saturated heterocycles. The topological polar surface area (TPSA) is 29.9 Å². The number of benzene rings is 1. The summed E-state index contributed by atoms with van der Waals surface area (Å²) < 4.78 is 2.14. The predicted octanol–water partition coefficient (Wildman–Crippen LogP) is 2.47. The van der Waals surface area contributed by atoms with Gasteiger partial charge < -0.3 is 5.32 Å². The molecule has 94 valence electrons. The Morgan fingerprint density at radius 1 is 1.28 bits per heavy atom. The SMILES string of the molecule is CCCc1nn(-c2ccccc2)c2c1CNCC2. The highest BCUT2D eigenvalue weighted by molar-refractivity contribution is 5.38. The molecular weight excluding hydrogens is 222 g/mol. The minimum atomic E-state index is 0.970. The predicted molar refractivity (Wildman–Crippen MR) is 73.0 cm³/mol. The first-order valence-corrected chi connectivity index (χ1v) is 6.76. The quantitative estimate of drug-likeness (QED) is 0.894. The molecule has 2 heterocycles. The summed E-state index contributed by atoms with van der Waals surface area (Å²) in [6.45, 7) is 4.23. The number of hydrogen-bond donors (Lipinski definition) is 1. The molecule has 3 rings (SSSR count). The van der Waals surface area contributed by atoms with Gasteiger partial charge in [-0.1, -0.05) is 31.5 Å². The molecule has 0 atom stereocenters. The molecule has 3 nitrogen and oxygen atoms in total. The number of hydrogen-bond acceptors (Lipinski definition) is 2. The molecule has 0 aliphatic carbocycles. The van der Waals surface area contributed by atoms with Crippen LogP contribution in [0.3, 0.4) is 0 Å². The Hall–Kier alpha value is -1.61. The van der Waals surface area contributed by atoms with Crippen LogP contribution in [0.15, 0.2) is 30.3 Å². The second-order valence-corrected chi connectivity index (χ2v) is 4.80. The van der Waals surface area contributed by atoms with Crippen LogP contribution in [0.1, 0.15) is 30.3 Å². The maximum Gasteiger partial charge on any atom is 0.0676 e. The number of nitrogens with one attached hydrogen (secondary N) is 1. The lowest BCUT2D eigenvalue weighted by Gasteiger charge is -2.15. The fourth-order valence-electron chi connectivity index (χ4n) is 2.64. The molecule has 1 aromatic heterocycles. The van der Waals surface area contributed by atoms with Gasteiger partial charge in [-0.15, -0.1) is 0 Å². The Bertz CT molecular complexity index is 528. The van der Waals surface area contributed by atoms with Crippen LogP contribution in [-0.4, -0.2) is 16.3 Å². The molecule has 0 bridgehead atoms. The summed E-state index contributed by atoms with van der Waals surface area (Å²) >= 11 is 0. The molecule has 2 aromatic rings. The van der Waals surface area contributed by atoms with E-state index in [4.69, 9.17) is 5.10 Å². The zero-order valence-electron chi connectivity index (χ0n) is 10.8. The van der Waals surface area contributed by atoms with Crippen molar-refractivity contribution in [1.29, 1.82) is 0 Å². The van der Waals surface area contributed by atoms with Crippen LogP contribution in [-0.2, 0) is 19.4 Å². The summed E-state index contributed by atoms with van der Waals surface area (Å²) in [5.74, 6) is 0. The summed E-state index contributed by atoms with van der Waals surface area (Å²) in [5, 5.41) is 8.28. The zero-order chi connectivity index (χ0) is 12.4. The summed E-state index contributed by atoms with van der Waals surface area (Å²) in [6, 6.07) is 10.5. The monoisotopic (exact) mass is 241 g/mol. The van der Waals surface area contributed by atoms with E-state index in [-0.39, 0.29) is 0 Å².